The highest BCUT2D eigenvalue weighted by Gasteiger charge is 2.21. The molecular formula is C13H9. The predicted molar refractivity (Wildman–Crippen MR) is 54.1 cm³/mol. The topological polar surface area (TPSA) is 0 Å². The minimum absolute atomic E-state index is 0.390. The van der Waals surface area contributed by atoms with Gasteiger partial charge in [0.15, 0.2) is 0 Å². The van der Waals surface area contributed by atoms with Gasteiger partial charge in [0, 0.05) is 5.92 Å². The van der Waals surface area contributed by atoms with Crippen LogP contribution in [0.2, 0.25) is 0 Å². The summed E-state index contributed by atoms with van der Waals surface area (Å²) in [6, 6.07) is 8.52. The number of allylic oxidation sites excluding steroid dienone is 5. The lowest BCUT2D eigenvalue weighted by atomic mass is 9.93. The minimum Gasteiger partial charge on any atom is -0.0619 e. The summed E-state index contributed by atoms with van der Waals surface area (Å²) in [6.45, 7) is 0. The zero-order chi connectivity index (χ0) is 8.67. The molecule has 61 valence electrons. The number of rotatable bonds is 0. The van der Waals surface area contributed by atoms with Gasteiger partial charge < -0.3 is 0 Å². The molecule has 3 rings (SSSR count). The molecule has 0 bridgehead atoms. The molecule has 0 aromatic heterocycles. The molecule has 0 heteroatoms. The lowest BCUT2D eigenvalue weighted by molar-refractivity contribution is 1.02. The lowest BCUT2D eigenvalue weighted by Gasteiger charge is -2.10. The summed E-state index contributed by atoms with van der Waals surface area (Å²) in [7, 11) is 0. The molecule has 1 atom stereocenters. The van der Waals surface area contributed by atoms with Crippen LogP contribution in [0.1, 0.15) is 17.0 Å². The number of hydrogen-bond acceptors (Lipinski definition) is 0. The molecule has 0 saturated heterocycles. The Morgan fingerprint density at radius 3 is 3.08 bits per heavy atom. The van der Waals surface area contributed by atoms with Crippen molar-refractivity contribution in [3.8, 4) is 0 Å². The lowest BCUT2D eigenvalue weighted by Crippen LogP contribution is -1.95. The highest BCUT2D eigenvalue weighted by molar-refractivity contribution is 5.70. The van der Waals surface area contributed by atoms with E-state index in [0.717, 1.165) is 0 Å². The van der Waals surface area contributed by atoms with E-state index in [-0.39, 0.29) is 0 Å². The summed E-state index contributed by atoms with van der Waals surface area (Å²) < 4.78 is 0. The highest BCUT2D eigenvalue weighted by Crippen LogP contribution is 2.38. The SMILES string of the molecule is [C]1=CC=CC2=Cc3ccccc3C12. The second kappa shape index (κ2) is 2.46. The number of hydrogen-bond donors (Lipinski definition) is 0. The maximum Gasteiger partial charge on any atom is 0.0349 e. The first-order chi connectivity index (χ1) is 6.45. The van der Waals surface area contributed by atoms with E-state index in [9.17, 15) is 0 Å². The van der Waals surface area contributed by atoms with Crippen molar-refractivity contribution in [2.75, 3.05) is 0 Å². The van der Waals surface area contributed by atoms with E-state index in [2.05, 4.69) is 42.5 Å². The van der Waals surface area contributed by atoms with Crippen LogP contribution in [0.15, 0.2) is 48.1 Å². The largest absolute Gasteiger partial charge is 0.0619 e. The molecule has 0 saturated carbocycles. The van der Waals surface area contributed by atoms with E-state index < -0.39 is 0 Å². The molecule has 0 N–H and O–H groups in total. The van der Waals surface area contributed by atoms with E-state index >= 15 is 0 Å². The van der Waals surface area contributed by atoms with Crippen LogP contribution in [0.4, 0.5) is 0 Å². The summed E-state index contributed by atoms with van der Waals surface area (Å²) in [5.74, 6) is 0.390. The molecule has 1 radical (unpaired) electrons. The molecular weight excluding hydrogens is 156 g/mol. The van der Waals surface area contributed by atoms with Crippen molar-refractivity contribution < 1.29 is 0 Å². The molecule has 1 unspecified atom stereocenters. The Kier molecular flexibility index (Phi) is 1.31. The molecule has 13 heavy (non-hydrogen) atoms. The van der Waals surface area contributed by atoms with Gasteiger partial charge in [0.1, 0.15) is 0 Å². The van der Waals surface area contributed by atoms with Crippen LogP contribution in [0.5, 0.6) is 0 Å². The molecule has 2 aliphatic rings. The van der Waals surface area contributed by atoms with E-state index in [0.29, 0.717) is 5.92 Å². The van der Waals surface area contributed by atoms with Crippen molar-refractivity contribution in [2.45, 2.75) is 5.92 Å². The molecule has 0 spiro atoms. The first kappa shape index (κ1) is 6.90. The zero-order valence-corrected chi connectivity index (χ0v) is 7.20. The molecule has 0 heterocycles. The Balaban J connectivity index is 2.22. The Labute approximate surface area is 77.9 Å². The van der Waals surface area contributed by atoms with Crippen molar-refractivity contribution >= 4 is 6.08 Å². The third-order valence-corrected chi connectivity index (χ3v) is 2.61. The Morgan fingerprint density at radius 1 is 1.15 bits per heavy atom. The zero-order valence-electron chi connectivity index (χ0n) is 7.20. The Morgan fingerprint density at radius 2 is 2.08 bits per heavy atom. The van der Waals surface area contributed by atoms with Crippen LogP contribution in [0.25, 0.3) is 6.08 Å². The van der Waals surface area contributed by atoms with Crippen LogP contribution in [0, 0.1) is 6.08 Å². The van der Waals surface area contributed by atoms with Gasteiger partial charge in [-0.2, -0.15) is 0 Å². The quantitative estimate of drug-likeness (QED) is 0.554. The van der Waals surface area contributed by atoms with Crippen molar-refractivity contribution in [1.82, 2.24) is 0 Å². The third-order valence-electron chi connectivity index (χ3n) is 2.61. The molecule has 1 aromatic carbocycles. The van der Waals surface area contributed by atoms with Crippen molar-refractivity contribution in [3.05, 3.63) is 65.3 Å². The van der Waals surface area contributed by atoms with Crippen LogP contribution in [0.3, 0.4) is 0 Å². The Hall–Kier alpha value is -1.56. The van der Waals surface area contributed by atoms with E-state index in [1.807, 2.05) is 12.2 Å². The molecule has 2 aliphatic carbocycles. The Bertz CT molecular complexity index is 433. The predicted octanol–water partition coefficient (Wildman–Crippen LogP) is 3.10. The van der Waals surface area contributed by atoms with Crippen LogP contribution >= 0.6 is 0 Å². The van der Waals surface area contributed by atoms with E-state index in [4.69, 9.17) is 0 Å². The highest BCUT2D eigenvalue weighted by atomic mass is 14.2. The fourth-order valence-electron chi connectivity index (χ4n) is 1.99. The third kappa shape index (κ3) is 0.919. The van der Waals surface area contributed by atoms with Gasteiger partial charge in [-0.15, -0.1) is 0 Å². The maximum absolute atomic E-state index is 3.36. The molecule has 0 aliphatic heterocycles. The number of fused-ring (bicyclic) bond motifs is 3. The number of benzene rings is 1. The summed E-state index contributed by atoms with van der Waals surface area (Å²) in [5.41, 5.74) is 4.09. The van der Waals surface area contributed by atoms with Gasteiger partial charge in [-0.25, -0.2) is 0 Å². The summed E-state index contributed by atoms with van der Waals surface area (Å²) in [5, 5.41) is 0. The average molecular weight is 165 g/mol. The van der Waals surface area contributed by atoms with Crippen molar-refractivity contribution in [3.63, 3.8) is 0 Å². The van der Waals surface area contributed by atoms with Gasteiger partial charge in [-0.3, -0.25) is 0 Å². The van der Waals surface area contributed by atoms with E-state index in [1.54, 1.807) is 0 Å². The van der Waals surface area contributed by atoms with Gasteiger partial charge in [0.05, 0.1) is 0 Å². The molecule has 0 amide bonds. The minimum atomic E-state index is 0.390. The second-order valence-corrected chi connectivity index (χ2v) is 3.40. The van der Waals surface area contributed by atoms with Gasteiger partial charge in [0.25, 0.3) is 0 Å². The normalized spacial score (nSPS) is 22.5. The fourth-order valence-corrected chi connectivity index (χ4v) is 1.99. The maximum atomic E-state index is 3.36. The van der Waals surface area contributed by atoms with Crippen LogP contribution in [-0.2, 0) is 0 Å². The van der Waals surface area contributed by atoms with Gasteiger partial charge in [-0.1, -0.05) is 48.6 Å². The summed E-state index contributed by atoms with van der Waals surface area (Å²) in [6.07, 6.45) is 11.8. The fraction of sp³-hybridized carbons (Fsp3) is 0.0769. The van der Waals surface area contributed by atoms with E-state index in [1.165, 1.54) is 16.7 Å². The summed E-state index contributed by atoms with van der Waals surface area (Å²) >= 11 is 0. The average Bonchev–Trinajstić information content (AvgIpc) is 2.56. The van der Waals surface area contributed by atoms with Crippen LogP contribution < -0.4 is 0 Å². The first-order valence-electron chi connectivity index (χ1n) is 4.51. The van der Waals surface area contributed by atoms with Gasteiger partial charge >= 0.3 is 0 Å². The van der Waals surface area contributed by atoms with Crippen molar-refractivity contribution in [1.29, 1.82) is 0 Å². The monoisotopic (exact) mass is 165 g/mol. The first-order valence-corrected chi connectivity index (χ1v) is 4.51. The molecule has 0 nitrogen and oxygen atoms in total. The smallest absolute Gasteiger partial charge is 0.0349 e. The van der Waals surface area contributed by atoms with Crippen LogP contribution in [-0.4, -0.2) is 0 Å². The molecule has 1 aromatic rings. The van der Waals surface area contributed by atoms with Crippen molar-refractivity contribution in [2.24, 2.45) is 0 Å². The second-order valence-electron chi connectivity index (χ2n) is 3.40. The summed E-state index contributed by atoms with van der Waals surface area (Å²) in [4.78, 5) is 0. The van der Waals surface area contributed by atoms with Gasteiger partial charge in [0.2, 0.25) is 0 Å². The molecule has 0 fully saturated rings. The van der Waals surface area contributed by atoms with Gasteiger partial charge in [-0.05, 0) is 22.8 Å². The standard InChI is InChI=1S/C13H9/c1-3-7-12-10(5-1)9-11-6-2-4-8-13(11)12/h1-7,9,13H.